The number of phenols is 1. The van der Waals surface area contributed by atoms with Gasteiger partial charge >= 0.3 is 0 Å². The number of pyridine rings is 1. The number of para-hydroxylation sites is 1. The van der Waals surface area contributed by atoms with Crippen molar-refractivity contribution in [3.8, 4) is 34.5 Å². The topological polar surface area (TPSA) is 245 Å². The lowest BCUT2D eigenvalue weighted by Gasteiger charge is -2.56. The summed E-state index contributed by atoms with van der Waals surface area (Å²) < 4.78 is 32.6. The highest BCUT2D eigenvalue weighted by atomic mass is 16.5. The maximum atomic E-state index is 14.3. The number of carbonyl (C=O) groups excluding carboxylic acids is 2. The van der Waals surface area contributed by atoms with Gasteiger partial charge in [0.15, 0.2) is 11.6 Å². The highest BCUT2D eigenvalue weighted by Gasteiger charge is 2.49. The van der Waals surface area contributed by atoms with Gasteiger partial charge in [-0.25, -0.2) is 9.97 Å². The second kappa shape index (κ2) is 22.6. The third-order valence-electron chi connectivity index (χ3n) is 16.1. The van der Waals surface area contributed by atoms with E-state index in [2.05, 4.69) is 45.3 Å². The van der Waals surface area contributed by atoms with Gasteiger partial charge in [0.05, 0.1) is 48.9 Å². The molecule has 0 radical (unpaired) electrons. The minimum Gasteiger partial charge on any atom is -0.507 e. The van der Waals surface area contributed by atoms with Crippen molar-refractivity contribution in [2.75, 3.05) is 81.2 Å². The molecule has 5 fully saturated rings. The number of likely N-dealkylation sites (tertiary alicyclic amines) is 2. The number of aromatic hydroxyl groups is 1. The molecule has 4 atom stereocenters. The number of nitrogens with one attached hydrogen (secondary N) is 1. The first-order chi connectivity index (χ1) is 37.8. The molecule has 1 spiro atoms. The normalized spacial score (nSPS) is 22.3. The molecule has 6 aromatic rings. The summed E-state index contributed by atoms with van der Waals surface area (Å²) in [6.07, 6.45) is 8.56. The summed E-state index contributed by atoms with van der Waals surface area (Å²) in [6.45, 7) is 13.8. The first-order valence-corrected chi connectivity index (χ1v) is 27.3. The summed E-state index contributed by atoms with van der Waals surface area (Å²) in [5.41, 5.74) is 11.0. The van der Waals surface area contributed by atoms with Gasteiger partial charge in [-0.3, -0.25) is 14.5 Å². The number of nitrogens with zero attached hydrogens (tertiary/aromatic N) is 10. The molecule has 2 aromatic carbocycles. The summed E-state index contributed by atoms with van der Waals surface area (Å²) in [6, 6.07) is 21.4. The average Bonchev–Trinajstić information content (AvgIpc) is 4.31. The van der Waals surface area contributed by atoms with Crippen LogP contribution >= 0.6 is 0 Å². The number of phenolic OH excluding ortho intramolecular Hbond substituents is 1. The van der Waals surface area contributed by atoms with Crippen LogP contribution < -0.4 is 30.3 Å². The Balaban J connectivity index is 0.605. The van der Waals surface area contributed by atoms with Crippen LogP contribution in [0.3, 0.4) is 0 Å². The summed E-state index contributed by atoms with van der Waals surface area (Å²) in [5.74, 6) is 1.07. The quantitative estimate of drug-likeness (QED) is 0.0836. The van der Waals surface area contributed by atoms with Crippen molar-refractivity contribution in [2.24, 2.45) is 5.92 Å². The first kappa shape index (κ1) is 52.7. The Kier molecular flexibility index (Phi) is 15.2. The SMILES string of the molecule is Cc1nccn1-c1ccc([C@H](C)NC(=O)[C@@H]2C[C@@H](O)CN2C(=O)[C@@H](c2cc(OCCN3CCC(O[C@H]4C[C@H](Oc5cc(N6CCN(c7cc(-c8ccccc8O)nnc7N)CC67COC7)ccn5)C4)CC3)no2)C(C)C)cc1. The summed E-state index contributed by atoms with van der Waals surface area (Å²) in [7, 11) is 0. The van der Waals surface area contributed by atoms with Gasteiger partial charge in [0.2, 0.25) is 17.7 Å². The maximum absolute atomic E-state index is 14.3. The van der Waals surface area contributed by atoms with Gasteiger partial charge in [-0.15, -0.1) is 10.2 Å². The Labute approximate surface area is 453 Å². The number of nitrogens with two attached hydrogens (primary N) is 1. The Morgan fingerprint density at radius 1 is 0.885 bits per heavy atom. The molecular weight excluding hydrogens is 997 g/mol. The lowest BCUT2D eigenvalue weighted by atomic mass is 9.90. The van der Waals surface area contributed by atoms with Crippen molar-refractivity contribution in [1.82, 2.24) is 45.0 Å². The third-order valence-corrected chi connectivity index (χ3v) is 16.1. The van der Waals surface area contributed by atoms with Gasteiger partial charge in [-0.05, 0) is 79.7 Å². The van der Waals surface area contributed by atoms with E-state index in [0.717, 1.165) is 73.8 Å². The van der Waals surface area contributed by atoms with Crippen molar-refractivity contribution in [3.63, 3.8) is 0 Å². The molecular formula is C57H70N12O9. The molecule has 8 heterocycles. The molecule has 1 aliphatic carbocycles. The molecule has 0 unspecified atom stereocenters. The van der Waals surface area contributed by atoms with Crippen LogP contribution in [0, 0.1) is 12.8 Å². The van der Waals surface area contributed by atoms with E-state index in [1.165, 1.54) is 4.90 Å². The molecule has 4 saturated heterocycles. The van der Waals surface area contributed by atoms with Crippen LogP contribution in [0.5, 0.6) is 17.5 Å². The van der Waals surface area contributed by atoms with E-state index in [1.807, 2.05) is 99.3 Å². The van der Waals surface area contributed by atoms with Crippen molar-refractivity contribution in [2.45, 2.75) is 108 Å². The second-order valence-corrected chi connectivity index (χ2v) is 21.9. The second-order valence-electron chi connectivity index (χ2n) is 21.9. The van der Waals surface area contributed by atoms with Crippen molar-refractivity contribution >= 4 is 29.0 Å². The molecule has 5 aliphatic rings. The van der Waals surface area contributed by atoms with Gasteiger partial charge in [0, 0.05) is 113 Å². The van der Waals surface area contributed by atoms with E-state index in [4.69, 9.17) is 29.2 Å². The zero-order valence-electron chi connectivity index (χ0n) is 44.7. The number of nitrogen functional groups attached to an aromatic ring is 1. The van der Waals surface area contributed by atoms with Gasteiger partial charge in [0.1, 0.15) is 41.8 Å². The molecule has 21 nitrogen and oxygen atoms in total. The van der Waals surface area contributed by atoms with Crippen LogP contribution in [-0.2, 0) is 19.1 Å². The number of β-amino-alcohol motifs (C(OH)–C–C–N with tert-alkyl or cyclic N) is 1. The summed E-state index contributed by atoms with van der Waals surface area (Å²) >= 11 is 0. The molecule has 1 saturated carbocycles. The van der Waals surface area contributed by atoms with Crippen LogP contribution in [0.15, 0.2) is 95.9 Å². The maximum Gasteiger partial charge on any atom is 0.254 e. The van der Waals surface area contributed by atoms with E-state index in [-0.39, 0.29) is 66.3 Å². The number of ether oxygens (including phenoxy) is 4. The highest BCUT2D eigenvalue weighted by Crippen LogP contribution is 2.40. The molecule has 78 heavy (non-hydrogen) atoms. The van der Waals surface area contributed by atoms with Gasteiger partial charge < -0.3 is 64.0 Å². The summed E-state index contributed by atoms with van der Waals surface area (Å²) in [5, 5.41) is 37.0. The fourth-order valence-electron chi connectivity index (χ4n) is 11.7. The zero-order chi connectivity index (χ0) is 54.1. The molecule has 4 aliphatic heterocycles. The van der Waals surface area contributed by atoms with Crippen LogP contribution in [0.4, 0.5) is 17.2 Å². The highest BCUT2D eigenvalue weighted by molar-refractivity contribution is 5.91. The first-order valence-electron chi connectivity index (χ1n) is 27.3. The number of carbonyl (C=O) groups is 2. The molecule has 5 N–H and O–H groups in total. The number of piperidine rings is 1. The Bertz CT molecular complexity index is 3040. The number of amides is 2. The number of aliphatic hydroxyl groups is 1. The minimum absolute atomic E-state index is 0.0266. The van der Waals surface area contributed by atoms with Crippen LogP contribution in [0.2, 0.25) is 0 Å². The standard InChI is InChI=1S/C57H70N12O9/c1-35(2)53(56(73)68-31-41(70)26-48(68)55(72)61-36(3)38-9-11-39(12-10-38)67-20-17-59-37(67)4)50-30-52(64-78-50)75-24-23-65-18-14-42(15-19-65)76-43-27-44(28-43)77-51-25-40(13-16-60-51)69-22-21-66(32-57(69)33-74-34-57)47-29-46(62-63-54(47)58)45-7-5-6-8-49(45)71/h5-13,16-17,20,25,29-30,35-36,41-44,48,53,70-71H,14-15,18-19,21-24,26-28,31-34H2,1-4H3,(H2,58,63)(H,61,72)/t36-,41+,43-,44-,48-,53+/m0/s1. The molecule has 11 rings (SSSR count). The summed E-state index contributed by atoms with van der Waals surface area (Å²) in [4.78, 5) is 45.4. The zero-order valence-corrected chi connectivity index (χ0v) is 44.7. The van der Waals surface area contributed by atoms with E-state index >= 15 is 0 Å². The lowest BCUT2D eigenvalue weighted by Crippen LogP contribution is -2.72. The van der Waals surface area contributed by atoms with E-state index in [0.29, 0.717) is 74.1 Å². The number of piperazine rings is 1. The Hall–Kier alpha value is -7.33. The molecule has 4 aromatic heterocycles. The van der Waals surface area contributed by atoms with Crippen molar-refractivity contribution < 1.29 is 43.3 Å². The number of aryl methyl sites for hydroxylation is 1. The lowest BCUT2D eigenvalue weighted by molar-refractivity contribution is -0.141. The molecule has 21 heteroatoms. The van der Waals surface area contributed by atoms with Gasteiger partial charge in [-0.2, -0.15) is 0 Å². The number of benzene rings is 2. The number of imidazole rings is 1. The minimum atomic E-state index is -0.839. The number of hydrogen-bond acceptors (Lipinski definition) is 18. The Morgan fingerprint density at radius 3 is 2.41 bits per heavy atom. The molecule has 2 amide bonds. The smallest absolute Gasteiger partial charge is 0.254 e. The third kappa shape index (κ3) is 11.2. The molecule has 0 bridgehead atoms. The van der Waals surface area contributed by atoms with Crippen LogP contribution in [0.25, 0.3) is 16.9 Å². The van der Waals surface area contributed by atoms with Crippen LogP contribution in [0.1, 0.15) is 82.0 Å². The van der Waals surface area contributed by atoms with E-state index in [9.17, 15) is 19.8 Å². The number of aliphatic hydroxyl groups excluding tert-OH is 1. The number of anilines is 3. The van der Waals surface area contributed by atoms with Crippen LogP contribution in [-0.4, -0.2) is 163 Å². The molecule has 412 valence electrons. The fraction of sp³-hybridized carbons (Fsp3) is 0.491. The Morgan fingerprint density at radius 2 is 1.68 bits per heavy atom. The average molecular weight is 1070 g/mol. The number of aromatic nitrogens is 6. The van der Waals surface area contributed by atoms with Crippen molar-refractivity contribution in [3.05, 3.63) is 109 Å². The monoisotopic (exact) mass is 1070 g/mol. The van der Waals surface area contributed by atoms with Crippen molar-refractivity contribution in [1.29, 1.82) is 0 Å². The predicted octanol–water partition coefficient (Wildman–Crippen LogP) is 5.45. The fourth-order valence-corrected chi connectivity index (χ4v) is 11.7. The van der Waals surface area contributed by atoms with Gasteiger partial charge in [-0.1, -0.05) is 38.1 Å². The van der Waals surface area contributed by atoms with Gasteiger partial charge in [0.25, 0.3) is 5.88 Å². The van der Waals surface area contributed by atoms with E-state index in [1.54, 1.807) is 24.4 Å². The number of hydrogen-bond donors (Lipinski definition) is 4. The number of rotatable bonds is 18. The predicted molar refractivity (Wildman–Crippen MR) is 289 cm³/mol. The largest absolute Gasteiger partial charge is 0.507 e. The van der Waals surface area contributed by atoms with E-state index < -0.39 is 18.1 Å².